The standard InChI is InChI=1S/C17H29N2O2/c1-5-8-18-9-10-19(12-18)17(20)21-16-11-14(4)6-7-15(16)13(2)3/h9-10,12-16H,5-8,11H2,1-4H3/q+1/t14-,15+,16-/m1/s1. The molecule has 0 amide bonds. The number of aryl methyl sites for hydroxylation is 1. The molecule has 1 fully saturated rings. The Bertz CT molecular complexity index is 467. The first-order chi connectivity index (χ1) is 10.0. The van der Waals surface area contributed by atoms with E-state index in [0.29, 0.717) is 17.8 Å². The maximum Gasteiger partial charge on any atom is 0.511 e. The van der Waals surface area contributed by atoms with E-state index in [-0.39, 0.29) is 12.2 Å². The second-order valence-electron chi connectivity index (χ2n) is 6.81. The van der Waals surface area contributed by atoms with Gasteiger partial charge in [-0.2, -0.15) is 4.79 Å². The highest BCUT2D eigenvalue weighted by molar-refractivity contribution is 5.70. The summed E-state index contributed by atoms with van der Waals surface area (Å²) in [7, 11) is 0. The van der Waals surface area contributed by atoms with Crippen molar-refractivity contribution in [1.82, 2.24) is 4.57 Å². The Hall–Kier alpha value is -1.32. The first-order valence-corrected chi connectivity index (χ1v) is 8.29. The molecule has 0 radical (unpaired) electrons. The maximum absolute atomic E-state index is 12.3. The molecule has 0 unspecified atom stereocenters. The molecule has 2 rings (SSSR count). The van der Waals surface area contributed by atoms with Gasteiger partial charge in [0.15, 0.2) is 0 Å². The molecule has 1 heterocycles. The molecule has 1 saturated carbocycles. The predicted octanol–water partition coefficient (Wildman–Crippen LogP) is 3.63. The predicted molar refractivity (Wildman–Crippen MR) is 81.9 cm³/mol. The molecule has 3 atom stereocenters. The smallest absolute Gasteiger partial charge is 0.427 e. The van der Waals surface area contributed by atoms with Gasteiger partial charge in [0.2, 0.25) is 0 Å². The van der Waals surface area contributed by atoms with Crippen molar-refractivity contribution in [1.29, 1.82) is 0 Å². The summed E-state index contributed by atoms with van der Waals surface area (Å²) < 4.78 is 9.40. The topological polar surface area (TPSA) is 35.1 Å². The molecule has 1 aliphatic carbocycles. The third-order valence-corrected chi connectivity index (χ3v) is 4.60. The van der Waals surface area contributed by atoms with Crippen molar-refractivity contribution in [3.05, 3.63) is 18.7 Å². The zero-order valence-corrected chi connectivity index (χ0v) is 13.8. The van der Waals surface area contributed by atoms with E-state index in [1.165, 1.54) is 6.42 Å². The number of hydrogen-bond donors (Lipinski definition) is 0. The Labute approximate surface area is 128 Å². The van der Waals surface area contributed by atoms with Crippen LogP contribution < -0.4 is 4.57 Å². The Morgan fingerprint density at radius 2 is 2.19 bits per heavy atom. The third-order valence-electron chi connectivity index (χ3n) is 4.60. The minimum absolute atomic E-state index is 0.0586. The van der Waals surface area contributed by atoms with Crippen molar-refractivity contribution in [2.75, 3.05) is 0 Å². The summed E-state index contributed by atoms with van der Waals surface area (Å²) in [6, 6.07) is 0. The molecule has 4 heteroatoms. The highest BCUT2D eigenvalue weighted by atomic mass is 16.6. The summed E-state index contributed by atoms with van der Waals surface area (Å²) in [5, 5.41) is 0. The Balaban J connectivity index is 2.01. The minimum Gasteiger partial charge on any atom is -0.427 e. The van der Waals surface area contributed by atoms with Gasteiger partial charge in [-0.05, 0) is 37.0 Å². The van der Waals surface area contributed by atoms with Gasteiger partial charge < -0.3 is 4.74 Å². The van der Waals surface area contributed by atoms with Gasteiger partial charge in [0.05, 0.1) is 6.54 Å². The molecule has 118 valence electrons. The van der Waals surface area contributed by atoms with E-state index in [1.807, 2.05) is 17.1 Å². The van der Waals surface area contributed by atoms with E-state index < -0.39 is 0 Å². The van der Waals surface area contributed by atoms with Crippen LogP contribution in [0.25, 0.3) is 0 Å². The number of nitrogens with zero attached hydrogens (tertiary/aromatic N) is 2. The van der Waals surface area contributed by atoms with Gasteiger partial charge in [-0.1, -0.05) is 34.1 Å². The second-order valence-corrected chi connectivity index (χ2v) is 6.81. The quantitative estimate of drug-likeness (QED) is 0.795. The van der Waals surface area contributed by atoms with Crippen molar-refractivity contribution in [2.24, 2.45) is 17.8 Å². The minimum atomic E-state index is -0.241. The Kier molecular flexibility index (Phi) is 5.43. The lowest BCUT2D eigenvalue weighted by Gasteiger charge is -2.35. The number of ether oxygens (including phenoxy) is 1. The fourth-order valence-corrected chi connectivity index (χ4v) is 3.33. The lowest BCUT2D eigenvalue weighted by molar-refractivity contribution is -0.696. The van der Waals surface area contributed by atoms with Crippen molar-refractivity contribution >= 4 is 6.09 Å². The van der Waals surface area contributed by atoms with Crippen LogP contribution in [0.3, 0.4) is 0 Å². The number of rotatable bonds is 4. The molecule has 0 aromatic carbocycles. The van der Waals surface area contributed by atoms with Gasteiger partial charge in [-0.25, -0.2) is 4.57 Å². The van der Waals surface area contributed by atoms with Gasteiger partial charge >= 0.3 is 6.09 Å². The molecule has 0 bridgehead atoms. The molecule has 4 nitrogen and oxygen atoms in total. The molecular formula is C17H29N2O2+. The number of hydrogen-bond acceptors (Lipinski definition) is 2. The summed E-state index contributed by atoms with van der Waals surface area (Å²) in [6.45, 7) is 9.76. The number of imidazole rings is 1. The van der Waals surface area contributed by atoms with Crippen LogP contribution in [0.15, 0.2) is 18.7 Å². The largest absolute Gasteiger partial charge is 0.511 e. The molecule has 1 aliphatic rings. The van der Waals surface area contributed by atoms with E-state index >= 15 is 0 Å². The van der Waals surface area contributed by atoms with Crippen molar-refractivity contribution in [3.63, 3.8) is 0 Å². The Morgan fingerprint density at radius 3 is 2.86 bits per heavy atom. The summed E-state index contributed by atoms with van der Waals surface area (Å²) in [5.74, 6) is 1.70. The molecule has 0 spiro atoms. The number of carbonyl (C=O) groups is 1. The molecule has 0 aliphatic heterocycles. The van der Waals surface area contributed by atoms with Crippen molar-refractivity contribution < 1.29 is 14.1 Å². The average molecular weight is 293 g/mol. The van der Waals surface area contributed by atoms with Crippen LogP contribution in [0.4, 0.5) is 4.79 Å². The molecule has 1 aromatic rings. The lowest BCUT2D eigenvalue weighted by Crippen LogP contribution is -2.37. The van der Waals surface area contributed by atoms with Crippen LogP contribution in [0, 0.1) is 17.8 Å². The zero-order chi connectivity index (χ0) is 15.4. The third kappa shape index (κ3) is 4.08. The average Bonchev–Trinajstić information content (AvgIpc) is 2.87. The van der Waals surface area contributed by atoms with Gasteiger partial charge in [-0.3, -0.25) is 0 Å². The summed E-state index contributed by atoms with van der Waals surface area (Å²) >= 11 is 0. The van der Waals surface area contributed by atoms with E-state index in [2.05, 4.69) is 27.7 Å². The Morgan fingerprint density at radius 1 is 1.43 bits per heavy atom. The van der Waals surface area contributed by atoms with E-state index in [0.717, 1.165) is 25.8 Å². The lowest BCUT2D eigenvalue weighted by atomic mass is 9.75. The van der Waals surface area contributed by atoms with Gasteiger partial charge in [-0.15, -0.1) is 4.57 Å². The maximum atomic E-state index is 12.3. The highest BCUT2D eigenvalue weighted by Crippen LogP contribution is 2.35. The van der Waals surface area contributed by atoms with Gasteiger partial charge in [0, 0.05) is 0 Å². The number of carbonyl (C=O) groups excluding carboxylic acids is 1. The van der Waals surface area contributed by atoms with Crippen molar-refractivity contribution in [3.8, 4) is 0 Å². The van der Waals surface area contributed by atoms with E-state index in [1.54, 1.807) is 10.8 Å². The zero-order valence-electron chi connectivity index (χ0n) is 13.8. The van der Waals surface area contributed by atoms with Crippen molar-refractivity contribution in [2.45, 2.75) is 66.0 Å². The highest BCUT2D eigenvalue weighted by Gasteiger charge is 2.34. The first kappa shape index (κ1) is 16.1. The molecule has 0 saturated heterocycles. The second kappa shape index (κ2) is 7.10. The normalized spacial score (nSPS) is 26.0. The van der Waals surface area contributed by atoms with Crippen LogP contribution >= 0.6 is 0 Å². The van der Waals surface area contributed by atoms with Crippen LogP contribution in [-0.4, -0.2) is 16.8 Å². The van der Waals surface area contributed by atoms with Gasteiger partial charge in [0.25, 0.3) is 6.33 Å². The summed E-state index contributed by atoms with van der Waals surface area (Å²) in [5.41, 5.74) is 0. The molecular weight excluding hydrogens is 264 g/mol. The molecule has 1 aromatic heterocycles. The van der Waals surface area contributed by atoms with Crippen LogP contribution in [-0.2, 0) is 11.3 Å². The van der Waals surface area contributed by atoms with E-state index in [4.69, 9.17) is 4.74 Å². The SMILES string of the molecule is CCC[n+]1ccn(C(=O)O[C@@H]2C[C@H](C)CC[C@H]2C(C)C)c1. The first-order valence-electron chi connectivity index (χ1n) is 8.29. The van der Waals surface area contributed by atoms with Crippen LogP contribution in [0.5, 0.6) is 0 Å². The van der Waals surface area contributed by atoms with E-state index in [9.17, 15) is 4.79 Å². The van der Waals surface area contributed by atoms with Gasteiger partial charge in [0.1, 0.15) is 18.5 Å². The summed E-state index contributed by atoms with van der Waals surface area (Å²) in [4.78, 5) is 12.3. The summed E-state index contributed by atoms with van der Waals surface area (Å²) in [6.07, 6.45) is 9.81. The number of aromatic nitrogens is 2. The molecule has 21 heavy (non-hydrogen) atoms. The van der Waals surface area contributed by atoms with Crippen LogP contribution in [0.2, 0.25) is 0 Å². The fourth-order valence-electron chi connectivity index (χ4n) is 3.33. The monoisotopic (exact) mass is 293 g/mol. The van der Waals surface area contributed by atoms with Crippen LogP contribution in [0.1, 0.15) is 53.4 Å². The molecule has 0 N–H and O–H groups in total. The fraction of sp³-hybridized carbons (Fsp3) is 0.765.